The molecule has 0 radical (unpaired) electrons. The zero-order valence-electron chi connectivity index (χ0n) is 15.9. The van der Waals surface area contributed by atoms with Crippen LogP contribution in [0.1, 0.15) is 72.6 Å². The van der Waals surface area contributed by atoms with E-state index in [0.717, 1.165) is 18.4 Å². The smallest absolute Gasteiger partial charge is 0.0230 e. The normalized spacial score (nSPS) is 18.6. The molecule has 1 fully saturated rings. The third-order valence-corrected chi connectivity index (χ3v) is 5.23. The van der Waals surface area contributed by atoms with Gasteiger partial charge in [-0.2, -0.15) is 0 Å². The maximum absolute atomic E-state index is 4.34. The molecule has 0 aromatic heterocycles. The van der Waals surface area contributed by atoms with E-state index in [2.05, 4.69) is 51.1 Å². The Morgan fingerprint density at radius 2 is 1.86 bits per heavy atom. The molecule has 0 aromatic carbocycles. The Morgan fingerprint density at radius 3 is 2.41 bits per heavy atom. The first-order valence-corrected chi connectivity index (χ1v) is 9.57. The topological polar surface area (TPSA) is 6.48 Å². The summed E-state index contributed by atoms with van der Waals surface area (Å²) < 4.78 is 0. The number of rotatable bonds is 10. The molecule has 1 heterocycles. The maximum Gasteiger partial charge on any atom is 0.0230 e. The van der Waals surface area contributed by atoms with Gasteiger partial charge < -0.3 is 9.80 Å². The van der Waals surface area contributed by atoms with Crippen molar-refractivity contribution in [3.05, 3.63) is 12.3 Å². The minimum Gasteiger partial charge on any atom is -0.373 e. The van der Waals surface area contributed by atoms with Gasteiger partial charge in [-0.3, -0.25) is 0 Å². The molecule has 1 saturated heterocycles. The molecule has 1 aliphatic rings. The average molecular weight is 309 g/mol. The van der Waals surface area contributed by atoms with E-state index >= 15 is 0 Å². The number of allylic oxidation sites excluding steroid dienone is 1. The highest BCUT2D eigenvalue weighted by Gasteiger charge is 2.19. The third kappa shape index (κ3) is 7.17. The lowest BCUT2D eigenvalue weighted by molar-refractivity contribution is 0.195. The molecule has 2 nitrogen and oxygen atoms in total. The Bertz CT molecular complexity index is 303. The quantitative estimate of drug-likeness (QED) is 0.550. The van der Waals surface area contributed by atoms with E-state index in [0.29, 0.717) is 6.04 Å². The lowest BCUT2D eigenvalue weighted by Crippen LogP contribution is -2.31. The zero-order valence-corrected chi connectivity index (χ0v) is 15.9. The molecule has 22 heavy (non-hydrogen) atoms. The predicted molar refractivity (Wildman–Crippen MR) is 99.1 cm³/mol. The van der Waals surface area contributed by atoms with Crippen LogP contribution in [0.5, 0.6) is 0 Å². The van der Waals surface area contributed by atoms with Crippen molar-refractivity contribution >= 4 is 0 Å². The van der Waals surface area contributed by atoms with Gasteiger partial charge in [0.05, 0.1) is 0 Å². The van der Waals surface area contributed by atoms with Crippen molar-refractivity contribution in [3.63, 3.8) is 0 Å². The molecular weight excluding hydrogens is 268 g/mol. The standard InChI is InChI=1S/C20H40N2/c1-7-13-22(17(2)3)19(5)10-8-9-18(4)16-20-11-14-21(6)15-12-20/h17-18,20H,5,7-16H2,1-4,6H3. The molecule has 1 aliphatic heterocycles. The molecule has 1 atom stereocenters. The molecule has 0 spiro atoms. The van der Waals surface area contributed by atoms with Gasteiger partial charge in [0.2, 0.25) is 0 Å². The predicted octanol–water partition coefficient (Wildman–Crippen LogP) is 5.16. The molecule has 1 unspecified atom stereocenters. The molecule has 0 amide bonds. The second kappa shape index (κ2) is 10.3. The van der Waals surface area contributed by atoms with Crippen molar-refractivity contribution in [2.75, 3.05) is 26.7 Å². The second-order valence-electron chi connectivity index (χ2n) is 7.83. The van der Waals surface area contributed by atoms with E-state index < -0.39 is 0 Å². The summed E-state index contributed by atoms with van der Waals surface area (Å²) >= 11 is 0. The summed E-state index contributed by atoms with van der Waals surface area (Å²) in [5.74, 6) is 1.85. The fourth-order valence-corrected chi connectivity index (χ4v) is 3.81. The first-order chi connectivity index (χ1) is 10.4. The van der Waals surface area contributed by atoms with Crippen molar-refractivity contribution in [1.29, 1.82) is 0 Å². The third-order valence-electron chi connectivity index (χ3n) is 5.23. The summed E-state index contributed by atoms with van der Waals surface area (Å²) in [6.45, 7) is 17.4. The molecule has 0 aliphatic carbocycles. The van der Waals surface area contributed by atoms with Crippen LogP contribution in [0.4, 0.5) is 0 Å². The van der Waals surface area contributed by atoms with Crippen LogP contribution in [-0.4, -0.2) is 42.5 Å². The van der Waals surface area contributed by atoms with E-state index in [9.17, 15) is 0 Å². The van der Waals surface area contributed by atoms with Crippen LogP contribution in [0.15, 0.2) is 12.3 Å². The van der Waals surface area contributed by atoms with Gasteiger partial charge in [0.15, 0.2) is 0 Å². The van der Waals surface area contributed by atoms with E-state index in [1.807, 2.05) is 0 Å². The summed E-state index contributed by atoms with van der Waals surface area (Å²) in [7, 11) is 2.25. The molecular formula is C20H40N2. The maximum atomic E-state index is 4.34. The van der Waals surface area contributed by atoms with E-state index in [-0.39, 0.29) is 0 Å². The molecule has 1 rings (SSSR count). The molecule has 0 N–H and O–H groups in total. The number of piperidine rings is 1. The minimum absolute atomic E-state index is 0.587. The van der Waals surface area contributed by atoms with Gasteiger partial charge in [-0.05, 0) is 84.3 Å². The lowest BCUT2D eigenvalue weighted by atomic mass is 9.86. The molecule has 0 saturated carbocycles. The van der Waals surface area contributed by atoms with Crippen molar-refractivity contribution < 1.29 is 0 Å². The van der Waals surface area contributed by atoms with Crippen molar-refractivity contribution in [3.8, 4) is 0 Å². The van der Waals surface area contributed by atoms with Crippen LogP contribution in [0, 0.1) is 11.8 Å². The van der Waals surface area contributed by atoms with Crippen molar-refractivity contribution in [1.82, 2.24) is 9.80 Å². The monoisotopic (exact) mass is 308 g/mol. The Labute approximate surface area is 139 Å². The lowest BCUT2D eigenvalue weighted by Gasteiger charge is -2.31. The summed E-state index contributed by atoms with van der Waals surface area (Å²) in [5.41, 5.74) is 1.35. The molecule has 0 aromatic rings. The van der Waals surface area contributed by atoms with E-state index in [4.69, 9.17) is 0 Å². The highest BCUT2D eigenvalue weighted by atomic mass is 15.2. The van der Waals surface area contributed by atoms with Gasteiger partial charge in [0.25, 0.3) is 0 Å². The van der Waals surface area contributed by atoms with Gasteiger partial charge in [-0.1, -0.05) is 26.8 Å². The van der Waals surface area contributed by atoms with Crippen molar-refractivity contribution in [2.24, 2.45) is 11.8 Å². The first kappa shape index (κ1) is 19.5. The second-order valence-corrected chi connectivity index (χ2v) is 7.83. The Balaban J connectivity index is 2.20. The van der Waals surface area contributed by atoms with Crippen LogP contribution in [0.2, 0.25) is 0 Å². The van der Waals surface area contributed by atoms with Crippen LogP contribution in [0.3, 0.4) is 0 Å². The summed E-state index contributed by atoms with van der Waals surface area (Å²) in [6, 6.07) is 0.587. The van der Waals surface area contributed by atoms with Crippen LogP contribution < -0.4 is 0 Å². The summed E-state index contributed by atoms with van der Waals surface area (Å²) in [5, 5.41) is 0. The van der Waals surface area contributed by atoms with E-state index in [1.165, 1.54) is 63.7 Å². The number of likely N-dealkylation sites (tertiary alicyclic amines) is 1. The first-order valence-electron chi connectivity index (χ1n) is 9.57. The Hall–Kier alpha value is -0.500. The van der Waals surface area contributed by atoms with Crippen molar-refractivity contribution in [2.45, 2.75) is 78.7 Å². The number of hydrogen-bond donors (Lipinski definition) is 0. The Kier molecular flexibility index (Phi) is 9.16. The van der Waals surface area contributed by atoms with Crippen LogP contribution in [0.25, 0.3) is 0 Å². The van der Waals surface area contributed by atoms with Crippen LogP contribution >= 0.6 is 0 Å². The van der Waals surface area contributed by atoms with Gasteiger partial charge in [0.1, 0.15) is 0 Å². The zero-order chi connectivity index (χ0) is 16.5. The molecule has 130 valence electrons. The van der Waals surface area contributed by atoms with E-state index in [1.54, 1.807) is 0 Å². The molecule has 2 heteroatoms. The van der Waals surface area contributed by atoms with Gasteiger partial charge in [-0.15, -0.1) is 0 Å². The van der Waals surface area contributed by atoms with Gasteiger partial charge in [0, 0.05) is 18.3 Å². The molecule has 0 bridgehead atoms. The number of hydrogen-bond acceptors (Lipinski definition) is 2. The Morgan fingerprint density at radius 1 is 1.23 bits per heavy atom. The van der Waals surface area contributed by atoms with Crippen LogP contribution in [-0.2, 0) is 0 Å². The number of nitrogens with zero attached hydrogens (tertiary/aromatic N) is 2. The minimum atomic E-state index is 0.587. The largest absolute Gasteiger partial charge is 0.373 e. The highest BCUT2D eigenvalue weighted by molar-refractivity contribution is 4.95. The summed E-state index contributed by atoms with van der Waals surface area (Å²) in [6.07, 6.45) is 9.31. The average Bonchev–Trinajstić information content (AvgIpc) is 2.46. The summed E-state index contributed by atoms with van der Waals surface area (Å²) in [4.78, 5) is 4.96. The van der Waals surface area contributed by atoms with Gasteiger partial charge >= 0.3 is 0 Å². The van der Waals surface area contributed by atoms with Gasteiger partial charge in [-0.25, -0.2) is 0 Å². The fourth-order valence-electron chi connectivity index (χ4n) is 3.81. The fraction of sp³-hybridized carbons (Fsp3) is 0.900. The SMILES string of the molecule is C=C(CCCC(C)CC1CCN(C)CC1)N(CCC)C(C)C. The highest BCUT2D eigenvalue weighted by Crippen LogP contribution is 2.26.